The van der Waals surface area contributed by atoms with Gasteiger partial charge in [0.25, 0.3) is 0 Å². The van der Waals surface area contributed by atoms with Gasteiger partial charge in [-0.05, 0) is 38.0 Å². The second-order valence-corrected chi connectivity index (χ2v) is 5.57. The number of rotatable bonds is 3. The smallest absolute Gasteiger partial charge is 0.340 e. The van der Waals surface area contributed by atoms with E-state index in [1.165, 1.54) is 7.11 Å². The summed E-state index contributed by atoms with van der Waals surface area (Å²) in [6.07, 6.45) is 1.16. The zero-order chi connectivity index (χ0) is 15.6. The monoisotopic (exact) mass is 292 g/mol. The summed E-state index contributed by atoms with van der Waals surface area (Å²) in [5, 5.41) is 0. The van der Waals surface area contributed by atoms with E-state index in [0.29, 0.717) is 23.9 Å². The molecule has 5 heteroatoms. The maximum absolute atomic E-state index is 11.9. The molecule has 1 saturated heterocycles. The van der Waals surface area contributed by atoms with Crippen molar-refractivity contribution in [1.82, 2.24) is 0 Å². The number of nitrogen functional groups attached to an aromatic ring is 1. The van der Waals surface area contributed by atoms with Crippen LogP contribution in [0.2, 0.25) is 0 Å². The van der Waals surface area contributed by atoms with Gasteiger partial charge in [0.2, 0.25) is 0 Å². The fourth-order valence-corrected chi connectivity index (χ4v) is 2.72. The van der Waals surface area contributed by atoms with Crippen molar-refractivity contribution in [3.8, 4) is 0 Å². The van der Waals surface area contributed by atoms with Crippen LogP contribution in [0.1, 0.15) is 36.2 Å². The molecule has 1 aromatic rings. The molecule has 0 spiro atoms. The molecule has 2 unspecified atom stereocenters. The van der Waals surface area contributed by atoms with Crippen LogP contribution in [0.3, 0.4) is 0 Å². The molecule has 1 aliphatic rings. The number of hydrogen-bond acceptors (Lipinski definition) is 5. The molecule has 0 bridgehead atoms. The standard InChI is InChI=1S/C16H24N2O3/c1-5-12-9-21-11(3)8-18(12)13-6-10(2)15(17)14(7-13)16(19)20-4/h6-7,11-12H,5,8-9,17H2,1-4H3. The van der Waals surface area contributed by atoms with E-state index in [-0.39, 0.29) is 6.10 Å². The van der Waals surface area contributed by atoms with Crippen molar-refractivity contribution < 1.29 is 14.3 Å². The molecule has 21 heavy (non-hydrogen) atoms. The highest BCUT2D eigenvalue weighted by Gasteiger charge is 2.27. The lowest BCUT2D eigenvalue weighted by Gasteiger charge is -2.40. The van der Waals surface area contributed by atoms with Gasteiger partial charge in [0.1, 0.15) is 0 Å². The minimum absolute atomic E-state index is 0.173. The summed E-state index contributed by atoms with van der Waals surface area (Å²) in [5.41, 5.74) is 8.82. The van der Waals surface area contributed by atoms with Gasteiger partial charge in [-0.2, -0.15) is 0 Å². The third-order valence-corrected chi connectivity index (χ3v) is 4.05. The number of aryl methyl sites for hydroxylation is 1. The average Bonchev–Trinajstić information content (AvgIpc) is 2.49. The number of carbonyl (C=O) groups excluding carboxylic acids is 1. The van der Waals surface area contributed by atoms with Gasteiger partial charge in [0.15, 0.2) is 0 Å². The van der Waals surface area contributed by atoms with Crippen LogP contribution in [0.15, 0.2) is 12.1 Å². The predicted octanol–water partition coefficient (Wildman–Crippen LogP) is 2.37. The van der Waals surface area contributed by atoms with Crippen molar-refractivity contribution >= 4 is 17.3 Å². The topological polar surface area (TPSA) is 64.8 Å². The van der Waals surface area contributed by atoms with Gasteiger partial charge in [-0.1, -0.05) is 6.92 Å². The van der Waals surface area contributed by atoms with E-state index in [2.05, 4.69) is 18.7 Å². The summed E-state index contributed by atoms with van der Waals surface area (Å²) in [6, 6.07) is 4.17. The van der Waals surface area contributed by atoms with E-state index in [9.17, 15) is 4.79 Å². The lowest BCUT2D eigenvalue weighted by molar-refractivity contribution is 0.0299. The SMILES string of the molecule is CCC1COC(C)CN1c1cc(C)c(N)c(C(=O)OC)c1. The van der Waals surface area contributed by atoms with Crippen molar-refractivity contribution in [2.24, 2.45) is 0 Å². The molecule has 0 radical (unpaired) electrons. The molecular formula is C16H24N2O3. The van der Waals surface area contributed by atoms with E-state index in [4.69, 9.17) is 15.2 Å². The summed E-state index contributed by atoms with van der Waals surface area (Å²) in [5.74, 6) is -0.396. The zero-order valence-corrected chi connectivity index (χ0v) is 13.2. The molecule has 116 valence electrons. The van der Waals surface area contributed by atoms with Gasteiger partial charge >= 0.3 is 5.97 Å². The van der Waals surface area contributed by atoms with Crippen LogP contribution in [0.25, 0.3) is 0 Å². The summed E-state index contributed by atoms with van der Waals surface area (Å²) >= 11 is 0. The molecule has 1 fully saturated rings. The number of hydrogen-bond donors (Lipinski definition) is 1. The van der Waals surface area contributed by atoms with Crippen LogP contribution in [0.4, 0.5) is 11.4 Å². The van der Waals surface area contributed by atoms with Gasteiger partial charge in [-0.25, -0.2) is 4.79 Å². The number of benzene rings is 1. The second kappa shape index (κ2) is 6.35. The molecule has 1 aromatic carbocycles. The zero-order valence-electron chi connectivity index (χ0n) is 13.2. The maximum Gasteiger partial charge on any atom is 0.340 e. The van der Waals surface area contributed by atoms with Crippen LogP contribution >= 0.6 is 0 Å². The van der Waals surface area contributed by atoms with Gasteiger partial charge in [0, 0.05) is 17.9 Å². The average molecular weight is 292 g/mol. The Balaban J connectivity index is 2.42. The number of esters is 1. The first-order valence-electron chi connectivity index (χ1n) is 7.34. The summed E-state index contributed by atoms with van der Waals surface area (Å²) in [7, 11) is 1.37. The minimum Gasteiger partial charge on any atom is -0.465 e. The van der Waals surface area contributed by atoms with Crippen molar-refractivity contribution in [2.45, 2.75) is 39.3 Å². The Morgan fingerprint density at radius 1 is 1.52 bits per heavy atom. The normalized spacial score (nSPS) is 22.2. The van der Waals surface area contributed by atoms with Crippen LogP contribution in [-0.4, -0.2) is 38.4 Å². The third kappa shape index (κ3) is 3.13. The highest BCUT2D eigenvalue weighted by Crippen LogP contribution is 2.29. The summed E-state index contributed by atoms with van der Waals surface area (Å²) in [6.45, 7) is 7.62. The van der Waals surface area contributed by atoms with E-state index in [0.717, 1.165) is 24.2 Å². The van der Waals surface area contributed by atoms with Crippen LogP contribution in [-0.2, 0) is 9.47 Å². The van der Waals surface area contributed by atoms with E-state index in [1.807, 2.05) is 19.1 Å². The number of anilines is 2. The Labute approximate surface area is 126 Å². The Morgan fingerprint density at radius 3 is 2.86 bits per heavy atom. The van der Waals surface area contributed by atoms with Gasteiger partial charge < -0.3 is 20.1 Å². The van der Waals surface area contributed by atoms with Crippen LogP contribution in [0, 0.1) is 6.92 Å². The van der Waals surface area contributed by atoms with Gasteiger partial charge in [-0.3, -0.25) is 0 Å². The first kappa shape index (κ1) is 15.6. The highest BCUT2D eigenvalue weighted by atomic mass is 16.5. The molecular weight excluding hydrogens is 268 g/mol. The third-order valence-electron chi connectivity index (χ3n) is 4.05. The second-order valence-electron chi connectivity index (χ2n) is 5.57. The molecule has 0 amide bonds. The Morgan fingerprint density at radius 2 is 2.24 bits per heavy atom. The fourth-order valence-electron chi connectivity index (χ4n) is 2.72. The number of ether oxygens (including phenoxy) is 2. The molecule has 1 heterocycles. The number of morpholine rings is 1. The molecule has 2 N–H and O–H groups in total. The minimum atomic E-state index is -0.396. The van der Waals surface area contributed by atoms with Gasteiger partial charge in [-0.15, -0.1) is 0 Å². The van der Waals surface area contributed by atoms with Gasteiger partial charge in [0.05, 0.1) is 31.4 Å². The van der Waals surface area contributed by atoms with E-state index in [1.54, 1.807) is 0 Å². The fraction of sp³-hybridized carbons (Fsp3) is 0.562. The molecule has 2 rings (SSSR count). The lowest BCUT2D eigenvalue weighted by atomic mass is 10.0. The number of nitrogens with zero attached hydrogens (tertiary/aromatic N) is 1. The highest BCUT2D eigenvalue weighted by molar-refractivity contribution is 5.97. The van der Waals surface area contributed by atoms with Crippen molar-refractivity contribution in [3.05, 3.63) is 23.3 Å². The Bertz CT molecular complexity index is 530. The number of nitrogens with two attached hydrogens (primary N) is 1. The van der Waals surface area contributed by atoms with Crippen molar-refractivity contribution in [3.63, 3.8) is 0 Å². The summed E-state index contributed by atoms with van der Waals surface area (Å²) in [4.78, 5) is 14.2. The van der Waals surface area contributed by atoms with E-state index < -0.39 is 5.97 Å². The van der Waals surface area contributed by atoms with Crippen molar-refractivity contribution in [2.75, 3.05) is 30.9 Å². The molecule has 5 nitrogen and oxygen atoms in total. The number of methoxy groups -OCH3 is 1. The molecule has 0 saturated carbocycles. The maximum atomic E-state index is 11.9. The molecule has 2 atom stereocenters. The van der Waals surface area contributed by atoms with Crippen LogP contribution < -0.4 is 10.6 Å². The predicted molar refractivity (Wildman–Crippen MR) is 83.8 cm³/mol. The van der Waals surface area contributed by atoms with E-state index >= 15 is 0 Å². The van der Waals surface area contributed by atoms with Crippen molar-refractivity contribution in [1.29, 1.82) is 0 Å². The first-order valence-corrected chi connectivity index (χ1v) is 7.34. The number of carbonyl (C=O) groups is 1. The first-order chi connectivity index (χ1) is 9.97. The molecule has 1 aliphatic heterocycles. The quantitative estimate of drug-likeness (QED) is 0.684. The summed E-state index contributed by atoms with van der Waals surface area (Å²) < 4.78 is 10.6. The Hall–Kier alpha value is -1.75. The largest absolute Gasteiger partial charge is 0.465 e. The lowest BCUT2D eigenvalue weighted by Crippen LogP contribution is -2.48. The van der Waals surface area contributed by atoms with Crippen LogP contribution in [0.5, 0.6) is 0 Å². The molecule has 0 aliphatic carbocycles. The Kier molecular flexibility index (Phi) is 4.73. The molecule has 0 aromatic heterocycles.